The Hall–Kier alpha value is -2.17. The third-order valence-corrected chi connectivity index (χ3v) is 2.83. The Kier molecular flexibility index (Phi) is 3.94. The van der Waals surface area contributed by atoms with E-state index in [-0.39, 0.29) is 5.69 Å². The lowest BCUT2D eigenvalue weighted by Gasteiger charge is -2.10. The number of hydrogen-bond donors (Lipinski definition) is 1. The minimum atomic E-state index is -0.229. The van der Waals surface area contributed by atoms with E-state index in [2.05, 4.69) is 15.3 Å². The smallest absolute Gasteiger partial charge is 0.348 e. The van der Waals surface area contributed by atoms with Crippen LogP contribution in [0, 0.1) is 13.8 Å². The van der Waals surface area contributed by atoms with Gasteiger partial charge in [-0.1, -0.05) is 6.07 Å². The number of pyridine rings is 1. The molecule has 2 aromatic heterocycles. The fraction of sp³-hybridized carbons (Fsp3) is 0.357. The molecule has 0 unspecified atom stereocenters. The number of nitrogens with zero attached hydrogens (tertiary/aromatic N) is 3. The zero-order valence-electron chi connectivity index (χ0n) is 11.5. The summed E-state index contributed by atoms with van der Waals surface area (Å²) < 4.78 is 1.63. The largest absolute Gasteiger partial charge is 0.370 e. The summed E-state index contributed by atoms with van der Waals surface area (Å²) in [4.78, 5) is 20.3. The molecule has 0 aliphatic rings. The van der Waals surface area contributed by atoms with Crippen LogP contribution in [0.2, 0.25) is 0 Å². The van der Waals surface area contributed by atoms with Crippen molar-refractivity contribution in [3.63, 3.8) is 0 Å². The van der Waals surface area contributed by atoms with Crippen LogP contribution < -0.4 is 11.0 Å². The highest BCUT2D eigenvalue weighted by molar-refractivity contribution is 5.35. The highest BCUT2D eigenvalue weighted by Crippen LogP contribution is 2.07. The van der Waals surface area contributed by atoms with Gasteiger partial charge in [-0.15, -0.1) is 0 Å². The number of anilines is 1. The minimum absolute atomic E-state index is 0.229. The Bertz CT molecular complexity index is 634. The SMILES string of the molecule is CCNc1cccc(Cn2c(C)cc(C)nc2=O)n1. The molecule has 0 saturated heterocycles. The third kappa shape index (κ3) is 3.19. The van der Waals surface area contributed by atoms with Crippen LogP contribution in [0.5, 0.6) is 0 Å². The molecule has 0 amide bonds. The Morgan fingerprint density at radius 2 is 2.05 bits per heavy atom. The second-order valence-electron chi connectivity index (χ2n) is 4.45. The molecule has 2 rings (SSSR count). The molecule has 2 heterocycles. The summed E-state index contributed by atoms with van der Waals surface area (Å²) in [6.45, 7) is 7.01. The summed E-state index contributed by atoms with van der Waals surface area (Å²) >= 11 is 0. The molecule has 0 saturated carbocycles. The van der Waals surface area contributed by atoms with E-state index in [1.54, 1.807) is 4.57 Å². The van der Waals surface area contributed by atoms with E-state index in [4.69, 9.17) is 0 Å². The first-order valence-corrected chi connectivity index (χ1v) is 6.35. The van der Waals surface area contributed by atoms with Gasteiger partial charge in [0.15, 0.2) is 0 Å². The molecule has 19 heavy (non-hydrogen) atoms. The third-order valence-electron chi connectivity index (χ3n) is 2.83. The second-order valence-corrected chi connectivity index (χ2v) is 4.45. The zero-order chi connectivity index (χ0) is 13.8. The number of rotatable bonds is 4. The summed E-state index contributed by atoms with van der Waals surface area (Å²) in [5, 5.41) is 3.16. The summed E-state index contributed by atoms with van der Waals surface area (Å²) in [6, 6.07) is 7.65. The highest BCUT2D eigenvalue weighted by Gasteiger charge is 2.05. The van der Waals surface area contributed by atoms with E-state index in [0.717, 1.165) is 29.4 Å². The molecule has 0 spiro atoms. The van der Waals surface area contributed by atoms with Crippen molar-refractivity contribution in [1.82, 2.24) is 14.5 Å². The molecule has 0 radical (unpaired) electrons. The molecule has 5 nitrogen and oxygen atoms in total. The predicted octanol–water partition coefficient (Wildman–Crippen LogP) is 1.74. The van der Waals surface area contributed by atoms with Gasteiger partial charge < -0.3 is 5.32 Å². The molecule has 0 aromatic carbocycles. The molecule has 2 aromatic rings. The van der Waals surface area contributed by atoms with Crippen LogP contribution in [0.15, 0.2) is 29.1 Å². The molecule has 0 aliphatic heterocycles. The summed E-state index contributed by atoms with van der Waals surface area (Å²) in [6.07, 6.45) is 0. The molecule has 0 aliphatic carbocycles. The van der Waals surface area contributed by atoms with Crippen LogP contribution in [0.1, 0.15) is 24.0 Å². The summed E-state index contributed by atoms with van der Waals surface area (Å²) in [5.74, 6) is 0.825. The van der Waals surface area contributed by atoms with Crippen molar-refractivity contribution in [2.75, 3.05) is 11.9 Å². The molecule has 1 N–H and O–H groups in total. The first kappa shape index (κ1) is 13.3. The second kappa shape index (κ2) is 5.65. The van der Waals surface area contributed by atoms with E-state index in [1.807, 2.05) is 45.0 Å². The van der Waals surface area contributed by atoms with Gasteiger partial charge in [-0.25, -0.2) is 9.78 Å². The van der Waals surface area contributed by atoms with E-state index in [1.165, 1.54) is 0 Å². The quantitative estimate of drug-likeness (QED) is 0.907. The average Bonchev–Trinajstić information content (AvgIpc) is 2.35. The maximum atomic E-state index is 11.9. The fourth-order valence-corrected chi connectivity index (χ4v) is 1.98. The Balaban J connectivity index is 2.31. The van der Waals surface area contributed by atoms with Gasteiger partial charge in [0.1, 0.15) is 5.82 Å². The topological polar surface area (TPSA) is 59.8 Å². The zero-order valence-corrected chi connectivity index (χ0v) is 11.5. The average molecular weight is 258 g/mol. The Morgan fingerprint density at radius 3 is 2.74 bits per heavy atom. The van der Waals surface area contributed by atoms with Crippen molar-refractivity contribution >= 4 is 5.82 Å². The number of aryl methyl sites for hydroxylation is 2. The van der Waals surface area contributed by atoms with E-state index in [9.17, 15) is 4.79 Å². The van der Waals surface area contributed by atoms with Gasteiger partial charge >= 0.3 is 5.69 Å². The monoisotopic (exact) mass is 258 g/mol. The van der Waals surface area contributed by atoms with Gasteiger partial charge in [0, 0.05) is 17.9 Å². The predicted molar refractivity (Wildman–Crippen MR) is 75.5 cm³/mol. The number of aromatic nitrogens is 3. The lowest BCUT2D eigenvalue weighted by molar-refractivity contribution is 0.681. The van der Waals surface area contributed by atoms with Crippen molar-refractivity contribution in [1.29, 1.82) is 0 Å². The van der Waals surface area contributed by atoms with Gasteiger partial charge in [0.2, 0.25) is 0 Å². The molecule has 100 valence electrons. The van der Waals surface area contributed by atoms with E-state index in [0.29, 0.717) is 6.54 Å². The molecular formula is C14H18N4O. The first-order chi connectivity index (χ1) is 9.10. The lowest BCUT2D eigenvalue weighted by Crippen LogP contribution is -2.26. The fourth-order valence-electron chi connectivity index (χ4n) is 1.98. The van der Waals surface area contributed by atoms with Gasteiger partial charge in [-0.2, -0.15) is 4.98 Å². The van der Waals surface area contributed by atoms with Crippen LogP contribution in [-0.4, -0.2) is 21.1 Å². The maximum absolute atomic E-state index is 11.9. The molecule has 0 bridgehead atoms. The van der Waals surface area contributed by atoms with Crippen molar-refractivity contribution < 1.29 is 0 Å². The van der Waals surface area contributed by atoms with Crippen LogP contribution in [0.3, 0.4) is 0 Å². The van der Waals surface area contributed by atoms with Crippen LogP contribution in [0.4, 0.5) is 5.82 Å². The molecular weight excluding hydrogens is 240 g/mol. The summed E-state index contributed by atoms with van der Waals surface area (Å²) in [7, 11) is 0. The Labute approximate surface area is 112 Å². The van der Waals surface area contributed by atoms with Crippen LogP contribution in [-0.2, 0) is 6.54 Å². The normalized spacial score (nSPS) is 10.5. The van der Waals surface area contributed by atoms with Gasteiger partial charge in [0.25, 0.3) is 0 Å². The van der Waals surface area contributed by atoms with Gasteiger partial charge in [-0.3, -0.25) is 4.57 Å². The number of hydrogen-bond acceptors (Lipinski definition) is 4. The maximum Gasteiger partial charge on any atom is 0.348 e. The highest BCUT2D eigenvalue weighted by atomic mass is 16.1. The molecule has 5 heteroatoms. The van der Waals surface area contributed by atoms with Gasteiger partial charge in [0.05, 0.1) is 12.2 Å². The Morgan fingerprint density at radius 1 is 1.26 bits per heavy atom. The lowest BCUT2D eigenvalue weighted by atomic mass is 10.3. The number of nitrogens with one attached hydrogen (secondary N) is 1. The van der Waals surface area contributed by atoms with E-state index < -0.39 is 0 Å². The van der Waals surface area contributed by atoms with Crippen molar-refractivity contribution in [2.24, 2.45) is 0 Å². The molecule has 0 fully saturated rings. The molecule has 0 atom stereocenters. The van der Waals surface area contributed by atoms with Crippen molar-refractivity contribution in [2.45, 2.75) is 27.3 Å². The van der Waals surface area contributed by atoms with Gasteiger partial charge in [-0.05, 0) is 39.0 Å². The van der Waals surface area contributed by atoms with Crippen molar-refractivity contribution in [3.05, 3.63) is 51.8 Å². The van der Waals surface area contributed by atoms with Crippen molar-refractivity contribution in [3.8, 4) is 0 Å². The van der Waals surface area contributed by atoms with Crippen LogP contribution >= 0.6 is 0 Å². The minimum Gasteiger partial charge on any atom is -0.370 e. The summed E-state index contributed by atoms with van der Waals surface area (Å²) in [5.41, 5.74) is 2.25. The standard InChI is InChI=1S/C14H18N4O/c1-4-15-13-7-5-6-12(17-13)9-18-11(3)8-10(2)16-14(18)19/h5-8H,4,9H2,1-3H3,(H,15,17). The van der Waals surface area contributed by atoms with Crippen LogP contribution in [0.25, 0.3) is 0 Å². The van der Waals surface area contributed by atoms with E-state index >= 15 is 0 Å². The first-order valence-electron chi connectivity index (χ1n) is 6.35.